The lowest BCUT2D eigenvalue weighted by atomic mass is 9.96. The summed E-state index contributed by atoms with van der Waals surface area (Å²) >= 11 is 0. The Bertz CT molecular complexity index is 242. The Morgan fingerprint density at radius 2 is 1.11 bits per heavy atom. The van der Waals surface area contributed by atoms with Crippen LogP contribution in [0.2, 0.25) is 0 Å². The van der Waals surface area contributed by atoms with Gasteiger partial charge in [0, 0.05) is 0 Å². The maximum Gasteiger partial charge on any atom is 0.336 e. The monoisotopic (exact) mass is 276 g/mol. The normalized spacial score (nSPS) is 8.17. The fourth-order valence-electron chi connectivity index (χ4n) is 0.714. The van der Waals surface area contributed by atoms with E-state index in [1.165, 1.54) is 0 Å². The third-order valence-corrected chi connectivity index (χ3v) is 1.29. The van der Waals surface area contributed by atoms with Crippen molar-refractivity contribution in [1.29, 1.82) is 0 Å². The molecule has 0 radical (unpaired) electrons. The third-order valence-electron chi connectivity index (χ3n) is 1.29. The van der Waals surface area contributed by atoms with Gasteiger partial charge in [0.05, 0.1) is 12.8 Å². The summed E-state index contributed by atoms with van der Waals surface area (Å²) < 4.78 is 0. The molecule has 12 nitrogen and oxygen atoms in total. The first-order valence-corrected chi connectivity index (χ1v) is 3.46. The summed E-state index contributed by atoms with van der Waals surface area (Å²) in [4.78, 5) is 30.5. The molecule has 0 heterocycles. The maximum atomic E-state index is 10.3. The van der Waals surface area contributed by atoms with Crippen LogP contribution in [0.1, 0.15) is 12.8 Å². The average Bonchev–Trinajstić information content (AvgIpc) is 2.04. The van der Waals surface area contributed by atoms with E-state index in [4.69, 9.17) is 25.6 Å². The van der Waals surface area contributed by atoms with Gasteiger partial charge in [0.2, 0.25) is 0 Å². The molecule has 0 bridgehead atoms. The number of carboxylic acid groups (broad SMARTS) is 3. The summed E-state index contributed by atoms with van der Waals surface area (Å²) in [6, 6.07) is 0. The number of carbonyl (C=O) groups is 3. The van der Waals surface area contributed by atoms with E-state index in [-0.39, 0.29) is 18.5 Å². The average molecular weight is 276 g/mol. The van der Waals surface area contributed by atoms with E-state index in [1.807, 2.05) is 5.90 Å². The Labute approximate surface area is 102 Å². The van der Waals surface area contributed by atoms with Crippen molar-refractivity contribution in [2.75, 3.05) is 0 Å². The van der Waals surface area contributed by atoms with Gasteiger partial charge in [0.25, 0.3) is 0 Å². The first-order valence-electron chi connectivity index (χ1n) is 3.46. The van der Waals surface area contributed by atoms with Crippen LogP contribution in [-0.2, 0) is 14.4 Å². The summed E-state index contributed by atoms with van der Waals surface area (Å²) in [6.07, 6.45) is -2.29. The molecule has 0 fully saturated rings. The van der Waals surface area contributed by atoms with Crippen molar-refractivity contribution in [2.45, 2.75) is 18.4 Å². The van der Waals surface area contributed by atoms with Crippen molar-refractivity contribution in [3.63, 3.8) is 0 Å². The molecule has 0 amide bonds. The van der Waals surface area contributed by atoms with Crippen LogP contribution >= 0.6 is 0 Å². The van der Waals surface area contributed by atoms with Crippen molar-refractivity contribution in [1.82, 2.24) is 18.5 Å². The van der Waals surface area contributed by atoms with E-state index in [0.717, 1.165) is 0 Å². The number of carboxylic acids is 3. The van der Waals surface area contributed by atoms with Crippen molar-refractivity contribution in [3.05, 3.63) is 5.21 Å². The van der Waals surface area contributed by atoms with Crippen LogP contribution in [0.15, 0.2) is 0 Å². The van der Waals surface area contributed by atoms with Gasteiger partial charge in [0.1, 0.15) is 0 Å². The van der Waals surface area contributed by atoms with Gasteiger partial charge in [-0.05, 0) is 0 Å². The lowest BCUT2D eigenvalue weighted by Gasteiger charge is -2.18. The largest absolute Gasteiger partial charge is 0.637 e. The van der Waals surface area contributed by atoms with Gasteiger partial charge in [-0.1, -0.05) is 0 Å². The smallest absolute Gasteiger partial charge is 0.336 e. The van der Waals surface area contributed by atoms with E-state index >= 15 is 0 Å². The van der Waals surface area contributed by atoms with Gasteiger partial charge in [0.15, 0.2) is 5.60 Å². The number of hydrogen-bond donors (Lipinski definition) is 8. The van der Waals surface area contributed by atoms with Crippen LogP contribution in [0.3, 0.4) is 0 Å². The molecule has 112 valence electrons. The number of hydrogen-bond acceptors (Lipinski definition) is 8. The lowest BCUT2D eigenvalue weighted by Crippen LogP contribution is -2.42. The van der Waals surface area contributed by atoms with Gasteiger partial charge >= 0.3 is 17.9 Å². The number of rotatable bonds is 5. The van der Waals surface area contributed by atoms with Crippen molar-refractivity contribution < 1.29 is 40.7 Å². The highest BCUT2D eigenvalue weighted by Gasteiger charge is 2.40. The molecule has 0 aromatic heterocycles. The zero-order valence-electron chi connectivity index (χ0n) is 9.66. The van der Waals surface area contributed by atoms with Crippen LogP contribution in [0.25, 0.3) is 0 Å². The second kappa shape index (κ2) is 13.2. The Morgan fingerprint density at radius 3 is 1.22 bits per heavy atom. The summed E-state index contributed by atoms with van der Waals surface area (Å²) in [5.41, 5.74) is -2.74. The molecule has 0 aliphatic heterocycles. The molecule has 0 atom stereocenters. The number of aliphatic hydroxyl groups is 1. The second-order valence-electron chi connectivity index (χ2n) is 2.48. The summed E-state index contributed by atoms with van der Waals surface area (Å²) in [5.74, 6) is -3.02. The van der Waals surface area contributed by atoms with E-state index in [0.29, 0.717) is 0 Å². The molecule has 0 aromatic rings. The molecule has 0 rings (SSSR count). The second-order valence-corrected chi connectivity index (χ2v) is 2.48. The van der Waals surface area contributed by atoms with E-state index in [9.17, 15) is 14.4 Å². The number of aliphatic carboxylic acids is 3. The minimum absolute atomic E-state index is 0. The molecule has 0 aromatic carbocycles. The van der Waals surface area contributed by atoms with Gasteiger partial charge in [-0.3, -0.25) is 9.59 Å². The van der Waals surface area contributed by atoms with Gasteiger partial charge < -0.3 is 50.0 Å². The maximum absolute atomic E-state index is 10.3. The Morgan fingerprint density at radius 1 is 0.889 bits per heavy atom. The molecule has 12 heteroatoms. The minimum Gasteiger partial charge on any atom is -0.637 e. The zero-order valence-corrected chi connectivity index (χ0v) is 9.66. The molecular weight excluding hydrogens is 256 g/mol. The van der Waals surface area contributed by atoms with Crippen LogP contribution < -0.4 is 24.3 Å². The molecule has 0 aliphatic carbocycles. The van der Waals surface area contributed by atoms with Crippen LogP contribution in [0, 0.1) is 5.21 Å². The van der Waals surface area contributed by atoms with Crippen molar-refractivity contribution in [2.24, 2.45) is 0 Å². The Hall–Kier alpha value is -1.83. The highest BCUT2D eigenvalue weighted by molar-refractivity contribution is 5.88. The quantitative estimate of drug-likeness (QED) is 0.253. The molecule has 0 saturated heterocycles. The van der Waals surface area contributed by atoms with Gasteiger partial charge in [-0.2, -0.15) is 0 Å². The Kier molecular flexibility index (Phi) is 21.9. The zero-order chi connectivity index (χ0) is 12.6. The molecule has 0 spiro atoms. The summed E-state index contributed by atoms with van der Waals surface area (Å²) in [6.45, 7) is 0. The van der Waals surface area contributed by atoms with Crippen molar-refractivity contribution >= 4 is 17.9 Å². The molecule has 0 aliphatic rings. The molecule has 16 N–H and O–H groups in total. The van der Waals surface area contributed by atoms with Gasteiger partial charge in [-0.25, -0.2) is 4.79 Å². The highest BCUT2D eigenvalue weighted by atomic mass is 16.4. The highest BCUT2D eigenvalue weighted by Crippen LogP contribution is 2.15. The van der Waals surface area contributed by atoms with E-state index < -0.39 is 36.4 Å². The fourth-order valence-corrected chi connectivity index (χ4v) is 0.714. The third kappa shape index (κ3) is 12.2. The molecule has 0 unspecified atom stereocenters. The van der Waals surface area contributed by atoms with Gasteiger partial charge in [-0.15, -0.1) is 0 Å². The molecular formula is C6H20N4O8. The SMILES string of the molecule is N.N.N.O=C(O)CC(O)(CC(=O)O)C(=O)O.[NH3+][O-]. The first-order chi connectivity index (χ1) is 6.78. The predicted octanol–water partition coefficient (Wildman–Crippen LogP) is -2.04. The lowest BCUT2D eigenvalue weighted by molar-refractivity contribution is -0.275. The predicted molar refractivity (Wildman–Crippen MR) is 58.4 cm³/mol. The molecule has 0 saturated carbocycles. The van der Waals surface area contributed by atoms with Crippen LogP contribution in [0.5, 0.6) is 0 Å². The summed E-state index contributed by atoms with van der Waals surface area (Å²) in [7, 11) is 0. The fraction of sp³-hybridized carbons (Fsp3) is 0.500. The summed E-state index contributed by atoms with van der Waals surface area (Å²) in [5, 5.41) is 41.8. The van der Waals surface area contributed by atoms with Crippen molar-refractivity contribution in [3.8, 4) is 0 Å². The molecule has 18 heavy (non-hydrogen) atoms. The minimum atomic E-state index is -2.74. The van der Waals surface area contributed by atoms with E-state index in [1.54, 1.807) is 0 Å². The topological polar surface area (TPSA) is 288 Å². The number of quaternary nitrogens is 1. The Balaban J connectivity index is -0.000000107. The van der Waals surface area contributed by atoms with Crippen LogP contribution in [0.4, 0.5) is 0 Å². The van der Waals surface area contributed by atoms with Crippen LogP contribution in [-0.4, -0.2) is 43.9 Å². The van der Waals surface area contributed by atoms with E-state index in [2.05, 4.69) is 0 Å². The standard InChI is InChI=1S/C6H8O7.H3NO.3H3N/c7-3(8)1-6(13,5(11)12)2-4(9)10;1-2;;;/h13H,1-2H2,(H,7,8)(H,9,10)(H,11,12);1H3;3*1H3. The first kappa shape index (κ1) is 29.8.